The smallest absolute Gasteiger partial charge is 0.280 e. The molecule has 1 saturated heterocycles. The molecule has 0 spiro atoms. The second-order valence-corrected chi connectivity index (χ2v) is 20.6. The third kappa shape index (κ3) is 4.60. The van der Waals surface area contributed by atoms with Gasteiger partial charge in [-0.2, -0.15) is 4.98 Å². The van der Waals surface area contributed by atoms with E-state index in [0.717, 1.165) is 31.2 Å². The zero-order valence-electron chi connectivity index (χ0n) is 23.1. The molecule has 5 rings (SSSR count). The number of rotatable bonds is 9. The molecule has 10 heteroatoms. The first-order valence-corrected chi connectivity index (χ1v) is 19.4. The quantitative estimate of drug-likeness (QED) is 0.282. The Morgan fingerprint density at radius 3 is 2.55 bits per heavy atom. The zero-order valence-corrected chi connectivity index (χ0v) is 25.1. The maximum Gasteiger partial charge on any atom is 0.280 e. The number of pyridine rings is 1. The minimum atomic E-state index is -1.98. The van der Waals surface area contributed by atoms with Gasteiger partial charge >= 0.3 is 0 Å². The van der Waals surface area contributed by atoms with Gasteiger partial charge in [0.1, 0.15) is 8.07 Å². The van der Waals surface area contributed by atoms with Crippen molar-refractivity contribution in [2.24, 2.45) is 5.92 Å². The summed E-state index contributed by atoms with van der Waals surface area (Å²) in [4.78, 5) is 29.1. The van der Waals surface area contributed by atoms with Gasteiger partial charge in [0.05, 0.1) is 12.4 Å². The number of nitrogens with two attached hydrogens (primary N) is 1. The summed E-state index contributed by atoms with van der Waals surface area (Å²) in [7, 11) is -3.76. The lowest BCUT2D eigenvalue weighted by Gasteiger charge is -2.43. The Labute approximate surface area is 227 Å². The van der Waals surface area contributed by atoms with Gasteiger partial charge in [-0.1, -0.05) is 64.8 Å². The molecule has 204 valence electrons. The van der Waals surface area contributed by atoms with Crippen LogP contribution in [-0.2, 0) is 4.43 Å². The minimum absolute atomic E-state index is 0.00302. The Kier molecular flexibility index (Phi) is 7.75. The molecule has 4 heterocycles. The molecule has 0 amide bonds. The number of nitrogens with zero attached hydrogens (tertiary/aromatic N) is 4. The van der Waals surface area contributed by atoms with Crippen LogP contribution in [0.15, 0.2) is 47.7 Å². The third-order valence-corrected chi connectivity index (χ3v) is 20.3. The number of hydrogen-bond acceptors (Lipinski definition) is 6. The van der Waals surface area contributed by atoms with Gasteiger partial charge in [0.2, 0.25) is 5.95 Å². The molecule has 3 aromatic heterocycles. The van der Waals surface area contributed by atoms with E-state index in [4.69, 9.17) is 21.7 Å². The van der Waals surface area contributed by atoms with E-state index in [1.165, 1.54) is 42.2 Å². The van der Waals surface area contributed by atoms with Crippen molar-refractivity contribution in [3.05, 3.63) is 53.2 Å². The summed E-state index contributed by atoms with van der Waals surface area (Å²) < 4.78 is 9.03. The Hall–Kier alpha value is -2.57. The molecule has 3 N–H and O–H groups in total. The monoisotopic (exact) mass is 550 g/mol. The Balaban J connectivity index is 1.59. The van der Waals surface area contributed by atoms with Gasteiger partial charge in [-0.25, -0.2) is 4.98 Å². The first kappa shape index (κ1) is 27.0. The van der Waals surface area contributed by atoms with Crippen LogP contribution in [0.3, 0.4) is 0 Å². The van der Waals surface area contributed by atoms with E-state index in [9.17, 15) is 4.79 Å². The summed E-state index contributed by atoms with van der Waals surface area (Å²) in [5, 5.41) is 1.34. The lowest BCUT2D eigenvalue weighted by atomic mass is 10.0. The second kappa shape index (κ2) is 10.9. The fourth-order valence-corrected chi connectivity index (χ4v) is 16.1. The van der Waals surface area contributed by atoms with Gasteiger partial charge in [-0.15, -0.1) is 0 Å². The van der Waals surface area contributed by atoms with Gasteiger partial charge < -0.3 is 14.7 Å². The number of anilines is 1. The molecule has 0 bridgehead atoms. The number of fused-ring (bicyclic) bond motifs is 1. The molecule has 3 atom stereocenters. The summed E-state index contributed by atoms with van der Waals surface area (Å²) in [5.74, 6) is 0.362. The maximum absolute atomic E-state index is 12.5. The van der Waals surface area contributed by atoms with Crippen LogP contribution in [0, 0.1) is 5.92 Å². The van der Waals surface area contributed by atoms with Crippen LogP contribution in [0.2, 0.25) is 35.8 Å². The fourth-order valence-electron chi connectivity index (χ4n) is 7.34. The van der Waals surface area contributed by atoms with E-state index in [1.807, 2.05) is 16.8 Å². The van der Waals surface area contributed by atoms with Crippen molar-refractivity contribution in [3.63, 3.8) is 0 Å². The average molecular weight is 551 g/mol. The van der Waals surface area contributed by atoms with E-state index in [2.05, 4.69) is 47.9 Å². The zero-order chi connectivity index (χ0) is 26.9. The number of nitrogen functional groups attached to an aromatic ring is 1. The van der Waals surface area contributed by atoms with Gasteiger partial charge in [0.15, 0.2) is 19.5 Å². The molecule has 1 aliphatic heterocycles. The summed E-state index contributed by atoms with van der Waals surface area (Å²) in [5.41, 5.74) is 8.15. The van der Waals surface area contributed by atoms with E-state index in [1.54, 1.807) is 6.33 Å². The van der Waals surface area contributed by atoms with Crippen molar-refractivity contribution in [2.75, 3.05) is 12.3 Å². The van der Waals surface area contributed by atoms with Crippen LogP contribution < -0.4 is 16.6 Å². The first-order chi connectivity index (χ1) is 18.4. The molecule has 38 heavy (non-hydrogen) atoms. The van der Waals surface area contributed by atoms with Crippen molar-refractivity contribution < 1.29 is 4.43 Å². The number of nitrogens with one attached hydrogen (secondary N) is 1. The van der Waals surface area contributed by atoms with Crippen molar-refractivity contribution in [1.29, 1.82) is 0 Å². The minimum Gasteiger partial charge on any atom is -0.416 e. The molecule has 2 aliphatic rings. The van der Waals surface area contributed by atoms with Crippen LogP contribution >= 0.6 is 0 Å². The molecule has 1 aliphatic carbocycles. The molecule has 0 unspecified atom stereocenters. The van der Waals surface area contributed by atoms with Crippen molar-refractivity contribution >= 4 is 38.8 Å². The molecule has 8 nitrogen and oxygen atoms in total. The van der Waals surface area contributed by atoms with Crippen LogP contribution in [0.1, 0.15) is 52.5 Å². The lowest BCUT2D eigenvalue weighted by Crippen LogP contribution is -2.56. The van der Waals surface area contributed by atoms with E-state index >= 15 is 0 Å². The highest BCUT2D eigenvalue weighted by Crippen LogP contribution is 2.55. The van der Waals surface area contributed by atoms with Gasteiger partial charge in [-0.05, 0) is 47.8 Å². The summed E-state index contributed by atoms with van der Waals surface area (Å²) >= 11 is 0. The van der Waals surface area contributed by atoms with Crippen LogP contribution in [0.5, 0.6) is 0 Å². The molecular formula is C28H42N6O2Si2. The number of aromatic nitrogens is 5. The second-order valence-electron chi connectivity index (χ2n) is 11.3. The van der Waals surface area contributed by atoms with Gasteiger partial charge in [0.25, 0.3) is 5.56 Å². The molecule has 2 fully saturated rings. The van der Waals surface area contributed by atoms with E-state index in [0.29, 0.717) is 16.7 Å². The van der Waals surface area contributed by atoms with Crippen LogP contribution in [-0.4, -0.2) is 47.5 Å². The highest BCUT2D eigenvalue weighted by molar-refractivity contribution is 6.92. The molecule has 3 aromatic rings. The van der Waals surface area contributed by atoms with Gasteiger partial charge in [0, 0.05) is 24.0 Å². The van der Waals surface area contributed by atoms with E-state index in [-0.39, 0.29) is 23.5 Å². The molecular weight excluding hydrogens is 509 g/mol. The summed E-state index contributed by atoms with van der Waals surface area (Å²) in [6, 6.07) is 12.4. The largest absolute Gasteiger partial charge is 0.416 e. The number of H-pyrrole nitrogens is 1. The highest BCUT2D eigenvalue weighted by Gasteiger charge is 2.54. The standard InChI is InChI=1S/C28H42N6O2Si2/c1-5-37(6-2,7-3)36-18-21-20(4)22(34-19-31-25-26(34)32-28(29)33-27(25)35)17-23(21)38(15-11-8-12-16-38)24-13-9-10-14-30-24/h9-10,13-14,19,21-23H,4-8,11-12,15-18H2,1-3H3,(H3,29,32,33,35)/t21-,22-,23-/m0/s1. The van der Waals surface area contributed by atoms with Crippen LogP contribution in [0.25, 0.3) is 11.2 Å². The lowest BCUT2D eigenvalue weighted by molar-refractivity contribution is 0.254. The molecule has 0 aromatic carbocycles. The topological polar surface area (TPSA) is 112 Å². The van der Waals surface area contributed by atoms with Crippen molar-refractivity contribution in [3.8, 4) is 0 Å². The third-order valence-electron chi connectivity index (χ3n) is 9.79. The summed E-state index contributed by atoms with van der Waals surface area (Å²) in [6.07, 6.45) is 8.51. The number of imidazole rings is 1. The van der Waals surface area contributed by atoms with Crippen LogP contribution in [0.4, 0.5) is 5.95 Å². The van der Waals surface area contributed by atoms with Crippen molar-refractivity contribution in [1.82, 2.24) is 24.5 Å². The van der Waals surface area contributed by atoms with Gasteiger partial charge in [-0.3, -0.25) is 14.8 Å². The SMILES string of the molecule is C=C1[C@H](CO[Si](CC)(CC)CC)[C@@H]([Si]2(c3ccccn3)CCCCC2)C[C@@H]1n1cnc2c(=O)[nH]c(N)nc21. The first-order valence-electron chi connectivity index (χ1n) is 14.3. The normalized spacial score (nSPS) is 23.8. The summed E-state index contributed by atoms with van der Waals surface area (Å²) in [6.45, 7) is 12.3. The van der Waals surface area contributed by atoms with E-state index < -0.39 is 16.4 Å². The Bertz CT molecular complexity index is 1320. The molecule has 0 radical (unpaired) electrons. The number of hydrogen-bond donors (Lipinski definition) is 2. The average Bonchev–Trinajstić information content (AvgIpc) is 3.51. The molecule has 1 saturated carbocycles. The predicted octanol–water partition coefficient (Wildman–Crippen LogP) is 5.15. The Morgan fingerprint density at radius 1 is 1.16 bits per heavy atom. The number of aromatic amines is 1. The highest BCUT2D eigenvalue weighted by atomic mass is 28.4. The predicted molar refractivity (Wildman–Crippen MR) is 159 cm³/mol. The fraction of sp³-hybridized carbons (Fsp3) is 0.571. The Morgan fingerprint density at radius 2 is 1.89 bits per heavy atom. The maximum atomic E-state index is 12.5. The van der Waals surface area contributed by atoms with Crippen molar-refractivity contribution in [2.45, 2.75) is 88.3 Å².